The molecule has 0 aliphatic carbocycles. The van der Waals surface area contributed by atoms with Gasteiger partial charge >= 0.3 is 0 Å². The van der Waals surface area contributed by atoms with Crippen LogP contribution in [0.15, 0.2) is 42.6 Å². The Hall–Kier alpha value is -2.80. The van der Waals surface area contributed by atoms with Gasteiger partial charge in [-0.25, -0.2) is 4.98 Å². The SMILES string of the molecule is O=C(NCC[C@@H]1COc2ccccc2O1)c1ccc(N2CCCNCC2)nc1. The molecule has 1 aromatic heterocycles. The number of pyridine rings is 1. The van der Waals surface area contributed by atoms with Gasteiger partial charge in [0.05, 0.1) is 5.56 Å². The van der Waals surface area contributed by atoms with Gasteiger partial charge in [0, 0.05) is 38.8 Å². The molecule has 0 bridgehead atoms. The maximum atomic E-state index is 12.4. The average Bonchev–Trinajstić information content (AvgIpc) is 3.03. The fourth-order valence-electron chi connectivity index (χ4n) is 3.44. The van der Waals surface area contributed by atoms with Crippen molar-refractivity contribution in [2.45, 2.75) is 18.9 Å². The molecule has 28 heavy (non-hydrogen) atoms. The van der Waals surface area contributed by atoms with Crippen molar-refractivity contribution < 1.29 is 14.3 Å². The van der Waals surface area contributed by atoms with Crippen LogP contribution in [0.5, 0.6) is 11.5 Å². The normalized spacial score (nSPS) is 19.0. The minimum absolute atomic E-state index is 0.0626. The van der Waals surface area contributed by atoms with E-state index in [0.717, 1.165) is 49.9 Å². The largest absolute Gasteiger partial charge is 0.486 e. The van der Waals surface area contributed by atoms with Crippen molar-refractivity contribution in [3.8, 4) is 11.5 Å². The van der Waals surface area contributed by atoms with Gasteiger partial charge in [-0.2, -0.15) is 0 Å². The number of carbonyl (C=O) groups excluding carboxylic acids is 1. The summed E-state index contributed by atoms with van der Waals surface area (Å²) < 4.78 is 11.6. The van der Waals surface area contributed by atoms with Crippen LogP contribution in [0.2, 0.25) is 0 Å². The van der Waals surface area contributed by atoms with Gasteiger partial charge in [-0.15, -0.1) is 0 Å². The zero-order chi connectivity index (χ0) is 19.2. The first kappa shape index (κ1) is 18.6. The molecule has 2 aliphatic rings. The third-order valence-electron chi connectivity index (χ3n) is 4.99. The molecule has 0 saturated carbocycles. The van der Waals surface area contributed by atoms with Gasteiger partial charge in [0.2, 0.25) is 0 Å². The second-order valence-electron chi connectivity index (χ2n) is 7.04. The van der Waals surface area contributed by atoms with Gasteiger partial charge in [0.25, 0.3) is 5.91 Å². The first-order valence-electron chi connectivity index (χ1n) is 9.88. The summed E-state index contributed by atoms with van der Waals surface area (Å²) in [6.07, 6.45) is 3.38. The van der Waals surface area contributed by atoms with E-state index in [1.165, 1.54) is 0 Å². The van der Waals surface area contributed by atoms with Crippen molar-refractivity contribution >= 4 is 11.7 Å². The summed E-state index contributed by atoms with van der Waals surface area (Å²) in [5, 5.41) is 6.32. The lowest BCUT2D eigenvalue weighted by molar-refractivity contribution is 0.0812. The molecule has 3 heterocycles. The smallest absolute Gasteiger partial charge is 0.252 e. The molecule has 0 unspecified atom stereocenters. The number of rotatable bonds is 5. The van der Waals surface area contributed by atoms with Crippen LogP contribution in [-0.4, -0.2) is 56.3 Å². The molecule has 2 N–H and O–H groups in total. The van der Waals surface area contributed by atoms with Crippen molar-refractivity contribution in [3.63, 3.8) is 0 Å². The molecule has 7 nitrogen and oxygen atoms in total. The van der Waals surface area contributed by atoms with Crippen LogP contribution in [0.1, 0.15) is 23.2 Å². The van der Waals surface area contributed by atoms with E-state index >= 15 is 0 Å². The highest BCUT2D eigenvalue weighted by molar-refractivity contribution is 5.94. The third kappa shape index (κ3) is 4.54. The summed E-state index contributed by atoms with van der Waals surface area (Å²) in [6, 6.07) is 11.4. The van der Waals surface area contributed by atoms with E-state index in [-0.39, 0.29) is 12.0 Å². The van der Waals surface area contributed by atoms with Crippen molar-refractivity contribution in [3.05, 3.63) is 48.2 Å². The van der Waals surface area contributed by atoms with Crippen molar-refractivity contribution in [2.75, 3.05) is 44.2 Å². The number of aromatic nitrogens is 1. The molecule has 1 aromatic carbocycles. The molecule has 148 valence electrons. The van der Waals surface area contributed by atoms with Crippen molar-refractivity contribution in [1.82, 2.24) is 15.6 Å². The predicted octanol–water partition coefficient (Wildman–Crippen LogP) is 1.84. The topological polar surface area (TPSA) is 75.7 Å². The molecule has 2 aliphatic heterocycles. The number of nitrogens with one attached hydrogen (secondary N) is 2. The summed E-state index contributed by atoms with van der Waals surface area (Å²) in [5.41, 5.74) is 0.572. The second kappa shape index (κ2) is 8.93. The molecule has 4 rings (SSSR count). The number of para-hydroxylation sites is 2. The number of ether oxygens (including phenoxy) is 2. The van der Waals surface area contributed by atoms with Gasteiger partial charge in [-0.3, -0.25) is 4.79 Å². The minimum atomic E-state index is -0.117. The van der Waals surface area contributed by atoms with E-state index in [0.29, 0.717) is 25.1 Å². The highest BCUT2D eigenvalue weighted by Crippen LogP contribution is 2.31. The van der Waals surface area contributed by atoms with Crippen molar-refractivity contribution in [1.29, 1.82) is 0 Å². The van der Waals surface area contributed by atoms with Crippen LogP contribution < -0.4 is 25.0 Å². The maximum Gasteiger partial charge on any atom is 0.252 e. The summed E-state index contributed by atoms with van der Waals surface area (Å²) in [5.74, 6) is 2.34. The van der Waals surface area contributed by atoms with Crippen LogP contribution in [0.25, 0.3) is 0 Å². The maximum absolute atomic E-state index is 12.4. The van der Waals surface area contributed by atoms with E-state index in [9.17, 15) is 4.79 Å². The molecule has 7 heteroatoms. The Balaban J connectivity index is 1.25. The fourth-order valence-corrected chi connectivity index (χ4v) is 3.44. The Labute approximate surface area is 165 Å². The summed E-state index contributed by atoms with van der Waals surface area (Å²) in [6.45, 7) is 4.94. The number of hydrogen-bond donors (Lipinski definition) is 2. The third-order valence-corrected chi connectivity index (χ3v) is 4.99. The molecule has 0 spiro atoms. The van der Waals surface area contributed by atoms with Crippen LogP contribution in [0.3, 0.4) is 0 Å². The number of benzene rings is 1. The standard InChI is InChI=1S/C21H26N4O3/c26-21(16-6-7-20(24-14-16)25-12-3-9-22-11-13-25)23-10-8-17-15-27-18-4-1-2-5-19(18)28-17/h1-2,4-7,14,17,22H,3,8-13,15H2,(H,23,26)/t17-/m1/s1. The fraction of sp³-hybridized carbons (Fsp3) is 0.429. The van der Waals surface area contributed by atoms with Gasteiger partial charge in [-0.05, 0) is 37.2 Å². The van der Waals surface area contributed by atoms with E-state index < -0.39 is 0 Å². The lowest BCUT2D eigenvalue weighted by Crippen LogP contribution is -2.34. The average molecular weight is 382 g/mol. The Kier molecular flexibility index (Phi) is 5.92. The summed E-state index contributed by atoms with van der Waals surface area (Å²) in [7, 11) is 0. The van der Waals surface area contributed by atoms with Gasteiger partial charge in [0.15, 0.2) is 11.5 Å². The van der Waals surface area contributed by atoms with Crippen LogP contribution >= 0.6 is 0 Å². The zero-order valence-electron chi connectivity index (χ0n) is 15.9. The zero-order valence-corrected chi connectivity index (χ0v) is 15.9. The molecular formula is C21H26N4O3. The Bertz CT molecular complexity index is 788. The van der Waals surface area contributed by atoms with E-state index in [4.69, 9.17) is 9.47 Å². The molecule has 2 aromatic rings. The molecule has 1 atom stereocenters. The number of anilines is 1. The second-order valence-corrected chi connectivity index (χ2v) is 7.04. The van der Waals surface area contributed by atoms with Crippen LogP contribution in [0, 0.1) is 0 Å². The predicted molar refractivity (Wildman–Crippen MR) is 107 cm³/mol. The van der Waals surface area contributed by atoms with E-state index in [1.54, 1.807) is 6.20 Å². The van der Waals surface area contributed by atoms with Gasteiger partial charge < -0.3 is 25.0 Å². The van der Waals surface area contributed by atoms with Crippen LogP contribution in [0.4, 0.5) is 5.82 Å². The van der Waals surface area contributed by atoms with Gasteiger partial charge in [0.1, 0.15) is 18.5 Å². The highest BCUT2D eigenvalue weighted by atomic mass is 16.6. The van der Waals surface area contributed by atoms with E-state index in [1.807, 2.05) is 36.4 Å². The highest BCUT2D eigenvalue weighted by Gasteiger charge is 2.20. The lowest BCUT2D eigenvalue weighted by Gasteiger charge is -2.26. The van der Waals surface area contributed by atoms with Crippen LogP contribution in [-0.2, 0) is 0 Å². The Morgan fingerprint density at radius 1 is 1.18 bits per heavy atom. The molecule has 1 fully saturated rings. The number of nitrogens with zero attached hydrogens (tertiary/aromatic N) is 2. The quantitative estimate of drug-likeness (QED) is 0.822. The van der Waals surface area contributed by atoms with E-state index in [2.05, 4.69) is 20.5 Å². The molecular weight excluding hydrogens is 356 g/mol. The first-order valence-corrected chi connectivity index (χ1v) is 9.88. The summed E-state index contributed by atoms with van der Waals surface area (Å²) >= 11 is 0. The lowest BCUT2D eigenvalue weighted by atomic mass is 10.2. The first-order chi connectivity index (χ1) is 13.8. The summed E-state index contributed by atoms with van der Waals surface area (Å²) in [4.78, 5) is 19.1. The number of amides is 1. The Morgan fingerprint density at radius 3 is 2.93 bits per heavy atom. The van der Waals surface area contributed by atoms with Gasteiger partial charge in [-0.1, -0.05) is 12.1 Å². The molecule has 1 amide bonds. The molecule has 1 saturated heterocycles. The number of fused-ring (bicyclic) bond motifs is 1. The monoisotopic (exact) mass is 382 g/mol. The van der Waals surface area contributed by atoms with Crippen molar-refractivity contribution in [2.24, 2.45) is 0 Å². The molecule has 0 radical (unpaired) electrons. The number of hydrogen-bond acceptors (Lipinski definition) is 6. The minimum Gasteiger partial charge on any atom is -0.486 e. The Morgan fingerprint density at radius 2 is 2.07 bits per heavy atom. The number of carbonyl (C=O) groups is 1.